The molecule has 0 spiro atoms. The van der Waals surface area contributed by atoms with Crippen molar-refractivity contribution in [2.45, 2.75) is 25.4 Å². The summed E-state index contributed by atoms with van der Waals surface area (Å²) in [5, 5.41) is 9.08. The van der Waals surface area contributed by atoms with Crippen LogP contribution in [0.5, 0.6) is 11.5 Å². The van der Waals surface area contributed by atoms with Crippen molar-refractivity contribution in [3.63, 3.8) is 0 Å². The largest absolute Gasteiger partial charge is 0.491 e. The third-order valence-electron chi connectivity index (χ3n) is 7.72. The van der Waals surface area contributed by atoms with Crippen molar-refractivity contribution in [2.75, 3.05) is 39.4 Å². The number of piperazine rings is 1. The molecular formula is C38H36N4O6. The van der Waals surface area contributed by atoms with Crippen LogP contribution in [0.2, 0.25) is 0 Å². The van der Waals surface area contributed by atoms with Crippen molar-refractivity contribution in [2.24, 2.45) is 0 Å². The number of carbonyl (C=O) groups excluding carboxylic acids is 2. The average Bonchev–Trinajstić information content (AvgIpc) is 3.14. The molecule has 1 aliphatic rings. The van der Waals surface area contributed by atoms with Crippen LogP contribution in [0.25, 0.3) is 4.85 Å². The lowest BCUT2D eigenvalue weighted by Crippen LogP contribution is -2.58. The molecule has 48 heavy (non-hydrogen) atoms. The highest BCUT2D eigenvalue weighted by molar-refractivity contribution is 6.35. The van der Waals surface area contributed by atoms with Crippen LogP contribution >= 0.6 is 0 Å². The Morgan fingerprint density at radius 1 is 0.667 bits per heavy atom. The summed E-state index contributed by atoms with van der Waals surface area (Å²) >= 11 is 0. The zero-order valence-corrected chi connectivity index (χ0v) is 26.4. The Labute approximate surface area is 280 Å². The lowest BCUT2D eigenvalue weighted by atomic mass is 10.2. The zero-order chi connectivity index (χ0) is 33.6. The molecule has 0 N–H and O–H groups in total. The zero-order valence-electron chi connectivity index (χ0n) is 26.4. The first-order valence-electron chi connectivity index (χ1n) is 15.6. The summed E-state index contributed by atoms with van der Waals surface area (Å²) in [5.74, 6) is -0.0930. The predicted octanol–water partition coefficient (Wildman–Crippen LogP) is 5.41. The van der Waals surface area contributed by atoms with Gasteiger partial charge in [-0.05, 0) is 47.5 Å². The Bertz CT molecular complexity index is 1570. The number of nitrogens with zero attached hydrogens (tertiary/aromatic N) is 4. The van der Waals surface area contributed by atoms with E-state index in [1.54, 1.807) is 48.5 Å². The Morgan fingerprint density at radius 2 is 1.10 bits per heavy atom. The van der Waals surface area contributed by atoms with Gasteiger partial charge < -0.3 is 28.7 Å². The molecule has 1 fully saturated rings. The molecule has 0 aliphatic carbocycles. The van der Waals surface area contributed by atoms with Gasteiger partial charge in [-0.25, -0.2) is 4.85 Å². The van der Waals surface area contributed by atoms with Gasteiger partial charge in [0.1, 0.15) is 36.9 Å². The molecular weight excluding hydrogens is 608 g/mol. The number of carbonyl (C=O) groups is 2. The molecule has 4 aromatic rings. The van der Waals surface area contributed by atoms with Crippen LogP contribution < -0.4 is 9.47 Å². The van der Waals surface area contributed by atoms with E-state index in [0.29, 0.717) is 49.1 Å². The van der Waals surface area contributed by atoms with Gasteiger partial charge in [-0.1, -0.05) is 72.8 Å². The number of hydrogen-bond donors (Lipinski definition) is 0. The fourth-order valence-electron chi connectivity index (χ4n) is 5.06. The molecule has 0 aromatic heterocycles. The Balaban J connectivity index is 1.21. The van der Waals surface area contributed by atoms with Crippen LogP contribution in [-0.2, 0) is 32.3 Å². The number of ether oxygens (including phenoxy) is 4. The van der Waals surface area contributed by atoms with Gasteiger partial charge in [-0.2, -0.15) is 5.26 Å². The van der Waals surface area contributed by atoms with Gasteiger partial charge in [-0.15, -0.1) is 0 Å². The molecule has 10 heteroatoms. The second kappa shape index (κ2) is 17.3. The van der Waals surface area contributed by atoms with E-state index in [2.05, 4.69) is 10.9 Å². The van der Waals surface area contributed by atoms with Crippen molar-refractivity contribution in [3.8, 4) is 17.6 Å². The molecule has 2 atom stereocenters. The highest BCUT2D eigenvalue weighted by atomic mass is 16.5. The Kier molecular flexibility index (Phi) is 12.1. The molecule has 10 nitrogen and oxygen atoms in total. The van der Waals surface area contributed by atoms with E-state index >= 15 is 0 Å². The van der Waals surface area contributed by atoms with Gasteiger partial charge in [0, 0.05) is 13.1 Å². The number of nitriles is 1. The maximum Gasteiger partial charge on any atom is 0.312 e. The SMILES string of the molecule is [C-]#[N+]c1ccc(OCC(CN2CCN(CC(COc3ccc(C#N)cc3)OCc3ccccc3)C(=O)C2=O)OCc2ccccc2)cc1. The van der Waals surface area contributed by atoms with Crippen LogP contribution in [0.4, 0.5) is 5.69 Å². The van der Waals surface area contributed by atoms with Crippen molar-refractivity contribution in [1.29, 1.82) is 5.26 Å². The molecule has 244 valence electrons. The lowest BCUT2D eigenvalue weighted by Gasteiger charge is -2.36. The highest BCUT2D eigenvalue weighted by Gasteiger charge is 2.35. The van der Waals surface area contributed by atoms with Crippen LogP contribution in [0, 0.1) is 17.9 Å². The Morgan fingerprint density at radius 3 is 1.52 bits per heavy atom. The highest BCUT2D eigenvalue weighted by Crippen LogP contribution is 2.19. The first-order valence-corrected chi connectivity index (χ1v) is 15.6. The second-order valence-electron chi connectivity index (χ2n) is 11.2. The van der Waals surface area contributed by atoms with Gasteiger partial charge >= 0.3 is 11.8 Å². The van der Waals surface area contributed by atoms with Gasteiger partial charge in [0.05, 0.1) is 44.5 Å². The molecule has 5 rings (SSSR count). The topological polar surface area (TPSA) is 106 Å². The van der Waals surface area contributed by atoms with Crippen LogP contribution in [0.15, 0.2) is 109 Å². The van der Waals surface area contributed by atoms with Crippen molar-refractivity contribution >= 4 is 17.5 Å². The standard InChI is InChI=1S/C38H36N4O6/c1-40-32-14-18-34(19-15-32)48-28-36(46-26-31-10-6-3-7-11-31)24-42-21-20-41(37(43)38(42)44)23-35(45-25-30-8-4-2-5-9-30)27-47-33-16-12-29(22-39)13-17-33/h2-19,35-36H,20-21,23-28H2. The van der Waals surface area contributed by atoms with E-state index in [1.807, 2.05) is 60.7 Å². The fraction of sp³-hybridized carbons (Fsp3) is 0.263. The monoisotopic (exact) mass is 644 g/mol. The van der Waals surface area contributed by atoms with Crippen LogP contribution in [-0.4, -0.2) is 73.2 Å². The average molecular weight is 645 g/mol. The summed E-state index contributed by atoms with van der Waals surface area (Å²) < 4.78 is 24.3. The quantitative estimate of drug-likeness (QED) is 0.119. The van der Waals surface area contributed by atoms with E-state index in [-0.39, 0.29) is 26.3 Å². The minimum atomic E-state index is -0.620. The van der Waals surface area contributed by atoms with E-state index in [1.165, 1.54) is 9.80 Å². The molecule has 0 radical (unpaired) electrons. The third kappa shape index (κ3) is 9.91. The van der Waals surface area contributed by atoms with E-state index in [4.69, 9.17) is 30.8 Å². The predicted molar refractivity (Wildman–Crippen MR) is 178 cm³/mol. The molecule has 0 saturated carbocycles. The summed E-state index contributed by atoms with van der Waals surface area (Å²) in [7, 11) is 0. The smallest absolute Gasteiger partial charge is 0.312 e. The van der Waals surface area contributed by atoms with Crippen molar-refractivity contribution in [1.82, 2.24) is 9.80 Å². The molecule has 2 unspecified atom stereocenters. The fourth-order valence-corrected chi connectivity index (χ4v) is 5.06. The van der Waals surface area contributed by atoms with E-state index in [9.17, 15) is 9.59 Å². The first-order chi connectivity index (χ1) is 23.5. The van der Waals surface area contributed by atoms with Crippen molar-refractivity contribution in [3.05, 3.63) is 137 Å². The van der Waals surface area contributed by atoms with E-state index in [0.717, 1.165) is 11.1 Å². The number of rotatable bonds is 16. The van der Waals surface area contributed by atoms with Gasteiger partial charge in [0.15, 0.2) is 5.69 Å². The van der Waals surface area contributed by atoms with Crippen LogP contribution in [0.1, 0.15) is 16.7 Å². The lowest BCUT2D eigenvalue weighted by molar-refractivity contribution is -0.159. The molecule has 1 saturated heterocycles. The minimum absolute atomic E-state index is 0.143. The normalized spacial score (nSPS) is 14.1. The Hall–Kier alpha value is -5.68. The molecule has 1 heterocycles. The number of hydrogen-bond acceptors (Lipinski definition) is 7. The van der Waals surface area contributed by atoms with Gasteiger partial charge in [0.25, 0.3) is 0 Å². The summed E-state index contributed by atoms with van der Waals surface area (Å²) in [5.41, 5.74) is 2.98. The molecule has 4 aromatic carbocycles. The first kappa shape index (κ1) is 33.7. The summed E-state index contributed by atoms with van der Waals surface area (Å²) in [4.78, 5) is 33.2. The number of amides is 2. The molecule has 0 bridgehead atoms. The van der Waals surface area contributed by atoms with E-state index < -0.39 is 24.0 Å². The van der Waals surface area contributed by atoms with Gasteiger partial charge in [-0.3, -0.25) is 9.59 Å². The maximum atomic E-state index is 13.4. The number of benzene rings is 4. The summed E-state index contributed by atoms with van der Waals surface area (Å²) in [6, 6.07) is 35.0. The molecule has 1 aliphatic heterocycles. The second-order valence-corrected chi connectivity index (χ2v) is 11.2. The van der Waals surface area contributed by atoms with Gasteiger partial charge in [0.2, 0.25) is 0 Å². The minimum Gasteiger partial charge on any atom is -0.491 e. The van der Waals surface area contributed by atoms with Crippen molar-refractivity contribution < 1.29 is 28.5 Å². The molecule has 2 amide bonds. The van der Waals surface area contributed by atoms with Crippen LogP contribution in [0.3, 0.4) is 0 Å². The summed E-state index contributed by atoms with van der Waals surface area (Å²) in [6.45, 7) is 9.03. The summed E-state index contributed by atoms with van der Waals surface area (Å²) in [6.07, 6.45) is -1.04. The third-order valence-corrected chi connectivity index (χ3v) is 7.72. The maximum absolute atomic E-state index is 13.4.